The number of rotatable bonds is 4. The molecular formula is C23H18N6O2S. The summed E-state index contributed by atoms with van der Waals surface area (Å²) < 4.78 is 2.65. The van der Waals surface area contributed by atoms with Crippen molar-refractivity contribution in [2.75, 3.05) is 11.5 Å². The number of nitrogens with two attached hydrogens (primary N) is 1. The Labute approximate surface area is 185 Å². The van der Waals surface area contributed by atoms with Gasteiger partial charge in [-0.15, -0.1) is 0 Å². The molecule has 0 radical (unpaired) electrons. The number of hydrogen-bond donors (Lipinski definition) is 2. The Morgan fingerprint density at radius 1 is 1.09 bits per heavy atom. The Kier molecular flexibility index (Phi) is 4.72. The van der Waals surface area contributed by atoms with E-state index in [1.165, 1.54) is 20.7 Å². The molecule has 0 saturated carbocycles. The maximum absolute atomic E-state index is 13.6. The summed E-state index contributed by atoms with van der Waals surface area (Å²) in [5, 5.41) is 11.1. The molecule has 0 unspecified atom stereocenters. The van der Waals surface area contributed by atoms with Crippen LogP contribution in [0.1, 0.15) is 19.0 Å². The number of aromatic amines is 1. The van der Waals surface area contributed by atoms with Crippen LogP contribution in [0.15, 0.2) is 63.3 Å². The lowest BCUT2D eigenvalue weighted by Gasteiger charge is -2.13. The number of nitrogens with zero attached hydrogens (tertiary/aromatic N) is 4. The number of nitrogen functional groups attached to an aromatic ring is 1. The van der Waals surface area contributed by atoms with Crippen molar-refractivity contribution in [2.45, 2.75) is 18.5 Å². The molecule has 0 spiro atoms. The topological polar surface area (TPSA) is 122 Å². The highest BCUT2D eigenvalue weighted by atomic mass is 32.2. The molecule has 0 aliphatic carbocycles. The third-order valence-corrected chi connectivity index (χ3v) is 6.45. The predicted molar refractivity (Wildman–Crippen MR) is 127 cm³/mol. The molecule has 2 aromatic carbocycles. The SMILES string of the molecule is CCCSc1nc2ccccc2c(=O)n1-c1c(N)c(C#N)n2c(=O)c3ccccc3[nH]c12. The number of thioether (sulfide) groups is 1. The summed E-state index contributed by atoms with van der Waals surface area (Å²) >= 11 is 1.42. The summed E-state index contributed by atoms with van der Waals surface area (Å²) in [6.45, 7) is 2.04. The summed E-state index contributed by atoms with van der Waals surface area (Å²) in [6, 6.07) is 16.1. The molecule has 0 aliphatic rings. The van der Waals surface area contributed by atoms with E-state index < -0.39 is 0 Å². The Morgan fingerprint density at radius 3 is 2.56 bits per heavy atom. The van der Waals surface area contributed by atoms with E-state index in [1.807, 2.05) is 19.1 Å². The first kappa shape index (κ1) is 19.9. The van der Waals surface area contributed by atoms with Gasteiger partial charge in [0, 0.05) is 5.75 Å². The van der Waals surface area contributed by atoms with Crippen molar-refractivity contribution in [1.82, 2.24) is 18.9 Å². The summed E-state index contributed by atoms with van der Waals surface area (Å²) in [5.74, 6) is 0.737. The first-order valence-corrected chi connectivity index (χ1v) is 11.0. The molecule has 158 valence electrons. The lowest BCUT2D eigenvalue weighted by Crippen LogP contribution is -2.23. The highest BCUT2D eigenvalue weighted by Gasteiger charge is 2.25. The van der Waals surface area contributed by atoms with Gasteiger partial charge in [-0.3, -0.25) is 9.59 Å². The highest BCUT2D eigenvalue weighted by Crippen LogP contribution is 2.31. The maximum Gasteiger partial charge on any atom is 0.266 e. The lowest BCUT2D eigenvalue weighted by atomic mass is 10.2. The zero-order valence-electron chi connectivity index (χ0n) is 17.1. The fraction of sp³-hybridized carbons (Fsp3) is 0.130. The third-order valence-electron chi connectivity index (χ3n) is 5.31. The Morgan fingerprint density at radius 2 is 1.81 bits per heavy atom. The van der Waals surface area contributed by atoms with Crippen molar-refractivity contribution in [1.29, 1.82) is 5.26 Å². The van der Waals surface area contributed by atoms with Gasteiger partial charge in [0.1, 0.15) is 17.4 Å². The molecule has 0 saturated heterocycles. The van der Waals surface area contributed by atoms with Crippen molar-refractivity contribution in [3.63, 3.8) is 0 Å². The summed E-state index contributed by atoms with van der Waals surface area (Å²) in [5.41, 5.74) is 7.43. The number of H-pyrrole nitrogens is 1. The molecule has 5 rings (SSSR count). The normalized spacial score (nSPS) is 11.4. The molecule has 3 heterocycles. The molecule has 0 atom stereocenters. The van der Waals surface area contributed by atoms with Crippen LogP contribution < -0.4 is 16.9 Å². The quantitative estimate of drug-likeness (QED) is 0.325. The summed E-state index contributed by atoms with van der Waals surface area (Å²) in [6.07, 6.45) is 0.879. The zero-order valence-corrected chi connectivity index (χ0v) is 17.9. The van der Waals surface area contributed by atoms with E-state index in [0.717, 1.165) is 12.2 Å². The largest absolute Gasteiger partial charge is 0.395 e. The molecule has 9 heteroatoms. The van der Waals surface area contributed by atoms with Crippen molar-refractivity contribution in [2.24, 2.45) is 0 Å². The lowest BCUT2D eigenvalue weighted by molar-refractivity contribution is 0.823. The van der Waals surface area contributed by atoms with E-state index in [2.05, 4.69) is 4.98 Å². The molecule has 3 N–H and O–H groups in total. The fourth-order valence-corrected chi connectivity index (χ4v) is 4.71. The zero-order chi connectivity index (χ0) is 22.4. The monoisotopic (exact) mass is 442 g/mol. The van der Waals surface area contributed by atoms with Gasteiger partial charge in [-0.05, 0) is 30.7 Å². The van der Waals surface area contributed by atoms with Gasteiger partial charge in [0.2, 0.25) is 0 Å². The van der Waals surface area contributed by atoms with Gasteiger partial charge in [-0.2, -0.15) is 5.26 Å². The van der Waals surface area contributed by atoms with Gasteiger partial charge in [-0.25, -0.2) is 14.0 Å². The van der Waals surface area contributed by atoms with Crippen molar-refractivity contribution >= 4 is 44.9 Å². The minimum absolute atomic E-state index is 0.0199. The second-order valence-electron chi connectivity index (χ2n) is 7.28. The average molecular weight is 443 g/mol. The predicted octanol–water partition coefficient (Wildman–Crippen LogP) is 3.44. The second kappa shape index (κ2) is 7.59. The average Bonchev–Trinajstić information content (AvgIpc) is 3.09. The number of hydrogen-bond acceptors (Lipinski definition) is 6. The smallest absolute Gasteiger partial charge is 0.266 e. The third kappa shape index (κ3) is 2.81. The first-order valence-electron chi connectivity index (χ1n) is 10.1. The van der Waals surface area contributed by atoms with E-state index in [0.29, 0.717) is 27.0 Å². The van der Waals surface area contributed by atoms with Gasteiger partial charge in [-0.1, -0.05) is 43.0 Å². The molecule has 8 nitrogen and oxygen atoms in total. The molecule has 0 fully saturated rings. The van der Waals surface area contributed by atoms with Gasteiger partial charge in [0.25, 0.3) is 11.1 Å². The van der Waals surface area contributed by atoms with E-state index in [4.69, 9.17) is 10.7 Å². The number of aromatic nitrogens is 4. The number of nitrogens with one attached hydrogen (secondary N) is 1. The first-order chi connectivity index (χ1) is 15.6. The van der Waals surface area contributed by atoms with Crippen LogP contribution in [0.5, 0.6) is 0 Å². The fourth-order valence-electron chi connectivity index (χ4n) is 3.86. The molecule has 5 aromatic rings. The molecular weight excluding hydrogens is 424 g/mol. The van der Waals surface area contributed by atoms with Gasteiger partial charge in [0.15, 0.2) is 10.9 Å². The van der Waals surface area contributed by atoms with Crippen LogP contribution in [0, 0.1) is 11.3 Å². The van der Waals surface area contributed by atoms with Gasteiger partial charge < -0.3 is 10.7 Å². The summed E-state index contributed by atoms with van der Waals surface area (Å²) in [7, 11) is 0. The van der Waals surface area contributed by atoms with Gasteiger partial charge >= 0.3 is 0 Å². The summed E-state index contributed by atoms with van der Waals surface area (Å²) in [4.78, 5) is 34.8. The van der Waals surface area contributed by atoms with E-state index >= 15 is 0 Å². The number of para-hydroxylation sites is 2. The van der Waals surface area contributed by atoms with Gasteiger partial charge in [0.05, 0.1) is 27.5 Å². The highest BCUT2D eigenvalue weighted by molar-refractivity contribution is 7.99. The standard InChI is InChI=1S/C23H18N6O2S/c1-2-11-32-23-27-16-10-6-4-8-14(16)22(31)29(23)19-18(25)17(12-24)28-20(19)26-15-9-5-3-7-13(15)21(28)30/h3-10,26H,2,11,25H2,1H3. The molecule has 32 heavy (non-hydrogen) atoms. The maximum atomic E-state index is 13.6. The van der Waals surface area contributed by atoms with Crippen LogP contribution >= 0.6 is 11.8 Å². The minimum Gasteiger partial charge on any atom is -0.395 e. The van der Waals surface area contributed by atoms with Crippen LogP contribution in [-0.2, 0) is 0 Å². The Balaban J connectivity index is 1.99. The second-order valence-corrected chi connectivity index (χ2v) is 8.35. The van der Waals surface area contributed by atoms with Crippen LogP contribution in [-0.4, -0.2) is 24.7 Å². The van der Waals surface area contributed by atoms with Crippen LogP contribution in [0.3, 0.4) is 0 Å². The number of nitriles is 1. The Hall–Kier alpha value is -4.03. The van der Waals surface area contributed by atoms with E-state index in [9.17, 15) is 14.9 Å². The minimum atomic E-state index is -0.381. The van der Waals surface area contributed by atoms with Crippen LogP contribution in [0.2, 0.25) is 0 Å². The van der Waals surface area contributed by atoms with Crippen LogP contribution in [0.4, 0.5) is 5.69 Å². The Bertz CT molecular complexity index is 1690. The number of benzene rings is 2. The van der Waals surface area contributed by atoms with Crippen molar-refractivity contribution in [3.05, 3.63) is 74.9 Å². The molecule has 3 aromatic heterocycles. The number of anilines is 1. The molecule has 0 bridgehead atoms. The van der Waals surface area contributed by atoms with Crippen LogP contribution in [0.25, 0.3) is 33.1 Å². The van der Waals surface area contributed by atoms with E-state index in [1.54, 1.807) is 42.5 Å². The molecule has 0 amide bonds. The molecule has 0 aliphatic heterocycles. The van der Waals surface area contributed by atoms with Crippen molar-refractivity contribution < 1.29 is 0 Å². The van der Waals surface area contributed by atoms with Crippen molar-refractivity contribution in [3.8, 4) is 11.8 Å². The number of fused-ring (bicyclic) bond motifs is 3. The van der Waals surface area contributed by atoms with E-state index in [-0.39, 0.29) is 33.8 Å².